The van der Waals surface area contributed by atoms with Gasteiger partial charge in [-0.1, -0.05) is 13.8 Å². The van der Waals surface area contributed by atoms with Crippen LogP contribution in [0.2, 0.25) is 0 Å². The average molecular weight is 202 g/mol. The van der Waals surface area contributed by atoms with Crippen molar-refractivity contribution < 1.29 is 14.7 Å². The summed E-state index contributed by atoms with van der Waals surface area (Å²) >= 11 is 0. The number of likely N-dealkylation sites (N-methyl/N-ethyl adjacent to an activating group) is 1. The number of amides is 1. The smallest absolute Gasteiger partial charge is 0.327 e. The Morgan fingerprint density at radius 1 is 1.36 bits per heavy atom. The summed E-state index contributed by atoms with van der Waals surface area (Å²) in [4.78, 5) is 23.4. The first kappa shape index (κ1) is 12.9. The van der Waals surface area contributed by atoms with Crippen LogP contribution in [0.5, 0.6) is 0 Å². The van der Waals surface area contributed by atoms with Gasteiger partial charge in [0.05, 0.1) is 0 Å². The number of nitrogens with one attached hydrogen (secondary N) is 1. The molecule has 14 heavy (non-hydrogen) atoms. The molecule has 5 nitrogen and oxygen atoms in total. The normalized spacial score (nSPS) is 12.6. The lowest BCUT2D eigenvalue weighted by molar-refractivity contribution is -0.142. The topological polar surface area (TPSA) is 69.6 Å². The lowest BCUT2D eigenvalue weighted by Crippen LogP contribution is -2.47. The number of hydrogen-bond acceptors (Lipinski definition) is 3. The second-order valence-electron chi connectivity index (χ2n) is 3.08. The predicted molar refractivity (Wildman–Crippen MR) is 53.0 cm³/mol. The number of carbonyl (C=O) groups is 2. The highest BCUT2D eigenvalue weighted by atomic mass is 16.4. The fraction of sp³-hybridized carbons (Fsp3) is 0.778. The van der Waals surface area contributed by atoms with Crippen molar-refractivity contribution >= 4 is 11.9 Å². The predicted octanol–water partition coefficient (Wildman–Crippen LogP) is -0.0825. The van der Waals surface area contributed by atoms with E-state index in [1.807, 2.05) is 18.7 Å². The molecule has 0 saturated heterocycles. The first-order valence-corrected chi connectivity index (χ1v) is 4.73. The van der Waals surface area contributed by atoms with Crippen LogP contribution in [0.4, 0.5) is 0 Å². The highest BCUT2D eigenvalue weighted by Gasteiger charge is 2.20. The zero-order chi connectivity index (χ0) is 11.1. The molecule has 0 radical (unpaired) electrons. The molecule has 0 aromatic rings. The summed E-state index contributed by atoms with van der Waals surface area (Å²) in [6.45, 7) is 7.13. The van der Waals surface area contributed by atoms with Crippen LogP contribution in [0.25, 0.3) is 0 Å². The second kappa shape index (κ2) is 6.37. The van der Waals surface area contributed by atoms with Crippen molar-refractivity contribution in [1.29, 1.82) is 0 Å². The van der Waals surface area contributed by atoms with Crippen LogP contribution in [-0.2, 0) is 9.59 Å². The molecule has 1 atom stereocenters. The Bertz CT molecular complexity index is 202. The SMILES string of the molecule is CCN(CC)CC(NC(C)=O)C(=O)O. The van der Waals surface area contributed by atoms with E-state index >= 15 is 0 Å². The van der Waals surface area contributed by atoms with Gasteiger partial charge < -0.3 is 15.3 Å². The van der Waals surface area contributed by atoms with Crippen molar-refractivity contribution in [2.24, 2.45) is 0 Å². The van der Waals surface area contributed by atoms with Gasteiger partial charge >= 0.3 is 5.97 Å². The summed E-state index contributed by atoms with van der Waals surface area (Å²) in [5.74, 6) is -1.31. The molecule has 0 aromatic heterocycles. The van der Waals surface area contributed by atoms with Gasteiger partial charge in [-0.2, -0.15) is 0 Å². The number of hydrogen-bond donors (Lipinski definition) is 2. The second-order valence-corrected chi connectivity index (χ2v) is 3.08. The summed E-state index contributed by atoms with van der Waals surface area (Å²) < 4.78 is 0. The van der Waals surface area contributed by atoms with Crippen LogP contribution < -0.4 is 5.32 Å². The van der Waals surface area contributed by atoms with Crippen molar-refractivity contribution in [3.8, 4) is 0 Å². The number of carbonyl (C=O) groups excluding carboxylic acids is 1. The number of nitrogens with zero attached hydrogens (tertiary/aromatic N) is 1. The molecule has 0 saturated carbocycles. The van der Waals surface area contributed by atoms with Crippen LogP contribution in [-0.4, -0.2) is 47.6 Å². The molecule has 0 fully saturated rings. The van der Waals surface area contributed by atoms with Gasteiger partial charge in [-0.25, -0.2) is 4.79 Å². The van der Waals surface area contributed by atoms with Gasteiger partial charge in [0.15, 0.2) is 0 Å². The molecule has 0 rings (SSSR count). The molecule has 0 aromatic carbocycles. The van der Waals surface area contributed by atoms with E-state index in [0.717, 1.165) is 13.1 Å². The summed E-state index contributed by atoms with van der Waals surface area (Å²) in [6.07, 6.45) is 0. The summed E-state index contributed by atoms with van der Waals surface area (Å²) in [6, 6.07) is -0.813. The van der Waals surface area contributed by atoms with E-state index in [4.69, 9.17) is 5.11 Å². The van der Waals surface area contributed by atoms with Gasteiger partial charge in [0.1, 0.15) is 6.04 Å². The van der Waals surface area contributed by atoms with E-state index in [1.54, 1.807) is 0 Å². The van der Waals surface area contributed by atoms with Gasteiger partial charge in [0.2, 0.25) is 5.91 Å². The van der Waals surface area contributed by atoms with Crippen molar-refractivity contribution in [3.63, 3.8) is 0 Å². The third-order valence-corrected chi connectivity index (χ3v) is 2.01. The Kier molecular flexibility index (Phi) is 5.87. The molecule has 1 amide bonds. The molecule has 0 aliphatic rings. The minimum absolute atomic E-state index is 0.315. The molecule has 0 heterocycles. The first-order chi connectivity index (χ1) is 6.51. The molecular weight excluding hydrogens is 184 g/mol. The molecular formula is C9H18N2O3. The van der Waals surface area contributed by atoms with E-state index in [-0.39, 0.29) is 5.91 Å². The molecule has 1 unspecified atom stereocenters. The first-order valence-electron chi connectivity index (χ1n) is 4.73. The fourth-order valence-electron chi connectivity index (χ4n) is 1.17. The van der Waals surface area contributed by atoms with E-state index in [2.05, 4.69) is 5.32 Å². The maximum atomic E-state index is 10.8. The van der Waals surface area contributed by atoms with Crippen LogP contribution in [0.3, 0.4) is 0 Å². The van der Waals surface area contributed by atoms with Crippen LogP contribution in [0.1, 0.15) is 20.8 Å². The van der Waals surface area contributed by atoms with E-state index in [9.17, 15) is 9.59 Å². The number of aliphatic carboxylic acids is 1. The highest BCUT2D eigenvalue weighted by molar-refractivity contribution is 5.82. The standard InChI is InChI=1S/C9H18N2O3/c1-4-11(5-2)6-8(9(13)14)10-7(3)12/h8H,4-6H2,1-3H3,(H,10,12)(H,13,14). The zero-order valence-corrected chi connectivity index (χ0v) is 8.91. The van der Waals surface area contributed by atoms with Gasteiger partial charge in [-0.15, -0.1) is 0 Å². The molecule has 82 valence electrons. The van der Waals surface area contributed by atoms with Crippen LogP contribution in [0, 0.1) is 0 Å². The molecule has 2 N–H and O–H groups in total. The summed E-state index contributed by atoms with van der Waals surface area (Å²) in [5.41, 5.74) is 0. The number of carboxylic acid groups (broad SMARTS) is 1. The van der Waals surface area contributed by atoms with Gasteiger partial charge in [0.25, 0.3) is 0 Å². The van der Waals surface area contributed by atoms with Gasteiger partial charge in [0, 0.05) is 13.5 Å². The van der Waals surface area contributed by atoms with Gasteiger partial charge in [-0.3, -0.25) is 4.79 Å². The molecule has 0 spiro atoms. The minimum Gasteiger partial charge on any atom is -0.480 e. The van der Waals surface area contributed by atoms with E-state index in [0.29, 0.717) is 6.54 Å². The molecule has 5 heteroatoms. The highest BCUT2D eigenvalue weighted by Crippen LogP contribution is 1.93. The minimum atomic E-state index is -0.993. The van der Waals surface area contributed by atoms with Crippen LogP contribution in [0.15, 0.2) is 0 Å². The summed E-state index contributed by atoms with van der Waals surface area (Å²) in [5, 5.41) is 11.2. The van der Waals surface area contributed by atoms with E-state index < -0.39 is 12.0 Å². The Morgan fingerprint density at radius 2 is 1.86 bits per heavy atom. The Morgan fingerprint density at radius 3 is 2.14 bits per heavy atom. The van der Waals surface area contributed by atoms with Crippen molar-refractivity contribution in [2.45, 2.75) is 26.8 Å². The Hall–Kier alpha value is -1.10. The zero-order valence-electron chi connectivity index (χ0n) is 8.91. The monoisotopic (exact) mass is 202 g/mol. The largest absolute Gasteiger partial charge is 0.480 e. The van der Waals surface area contributed by atoms with Gasteiger partial charge in [-0.05, 0) is 13.1 Å². The molecule has 0 bridgehead atoms. The average Bonchev–Trinajstić information content (AvgIpc) is 2.11. The Labute approximate surface area is 84.1 Å². The third-order valence-electron chi connectivity index (χ3n) is 2.01. The number of rotatable bonds is 6. The quantitative estimate of drug-likeness (QED) is 0.632. The maximum Gasteiger partial charge on any atom is 0.327 e. The lowest BCUT2D eigenvalue weighted by Gasteiger charge is -2.22. The van der Waals surface area contributed by atoms with Crippen molar-refractivity contribution in [3.05, 3.63) is 0 Å². The van der Waals surface area contributed by atoms with Crippen molar-refractivity contribution in [2.75, 3.05) is 19.6 Å². The van der Waals surface area contributed by atoms with E-state index in [1.165, 1.54) is 6.92 Å². The third kappa shape index (κ3) is 4.81. The lowest BCUT2D eigenvalue weighted by atomic mass is 10.2. The summed E-state index contributed by atoms with van der Waals surface area (Å²) in [7, 11) is 0. The number of carboxylic acids is 1. The molecule has 0 aliphatic carbocycles. The van der Waals surface area contributed by atoms with Crippen molar-refractivity contribution in [1.82, 2.24) is 10.2 Å². The Balaban J connectivity index is 4.21. The maximum absolute atomic E-state index is 10.8. The molecule has 0 aliphatic heterocycles. The van der Waals surface area contributed by atoms with Crippen LogP contribution >= 0.6 is 0 Å². The fourth-order valence-corrected chi connectivity index (χ4v) is 1.17.